The van der Waals surface area contributed by atoms with Crippen LogP contribution in [0.2, 0.25) is 0 Å². The second-order valence-electron chi connectivity index (χ2n) is 8.63. The van der Waals surface area contributed by atoms with Gasteiger partial charge in [0.15, 0.2) is 5.82 Å². The summed E-state index contributed by atoms with van der Waals surface area (Å²) in [6, 6.07) is 14.6. The van der Waals surface area contributed by atoms with Crippen LogP contribution in [0.3, 0.4) is 0 Å². The Morgan fingerprint density at radius 2 is 1.85 bits per heavy atom. The Labute approximate surface area is 193 Å². The lowest BCUT2D eigenvalue weighted by atomic mass is 9.99. The molecule has 0 spiro atoms. The third-order valence-electron chi connectivity index (χ3n) is 6.05. The van der Waals surface area contributed by atoms with E-state index in [1.54, 1.807) is 24.0 Å². The van der Waals surface area contributed by atoms with Gasteiger partial charge in [-0.3, -0.25) is 15.6 Å². The van der Waals surface area contributed by atoms with Crippen LogP contribution in [0.4, 0.5) is 4.39 Å². The first-order valence-corrected chi connectivity index (χ1v) is 11.4. The third-order valence-corrected chi connectivity index (χ3v) is 6.05. The van der Waals surface area contributed by atoms with Crippen LogP contribution in [0, 0.1) is 12.7 Å². The number of hydrogen-bond donors (Lipinski definition) is 2. The standard InChI is InChI=1S/C25H30FN5O2/c1-17-27-24(33-30-17)19-7-9-20(10-8-19)25(32)31(2)15-5-3-4-6-22-16-23(29-28-22)18-11-13-21(26)14-12-18/h7-14,22-23,28-29H,3-6,15-16H2,1-2H3. The Morgan fingerprint density at radius 3 is 2.55 bits per heavy atom. The zero-order valence-corrected chi connectivity index (χ0v) is 19.1. The molecule has 1 aliphatic heterocycles. The largest absolute Gasteiger partial charge is 0.342 e. The molecule has 0 saturated carbocycles. The van der Waals surface area contributed by atoms with Crippen LogP contribution >= 0.6 is 0 Å². The van der Waals surface area contributed by atoms with E-state index in [-0.39, 0.29) is 17.8 Å². The minimum atomic E-state index is -0.208. The zero-order valence-electron chi connectivity index (χ0n) is 19.1. The van der Waals surface area contributed by atoms with Crippen LogP contribution in [0.15, 0.2) is 53.1 Å². The molecule has 2 N–H and O–H groups in total. The number of benzene rings is 2. The topological polar surface area (TPSA) is 83.3 Å². The molecular weight excluding hydrogens is 421 g/mol. The lowest BCUT2D eigenvalue weighted by molar-refractivity contribution is 0.0792. The van der Waals surface area contributed by atoms with Crippen molar-refractivity contribution in [2.75, 3.05) is 13.6 Å². The highest BCUT2D eigenvalue weighted by Gasteiger charge is 2.24. The van der Waals surface area contributed by atoms with Gasteiger partial charge in [0.2, 0.25) is 0 Å². The number of carbonyl (C=O) groups is 1. The van der Waals surface area contributed by atoms with Crippen molar-refractivity contribution in [2.24, 2.45) is 0 Å². The molecular formula is C25H30FN5O2. The minimum absolute atomic E-state index is 0.00654. The normalized spacial score (nSPS) is 17.9. The minimum Gasteiger partial charge on any atom is -0.342 e. The molecule has 2 atom stereocenters. The van der Waals surface area contributed by atoms with Crippen molar-refractivity contribution in [1.82, 2.24) is 25.9 Å². The predicted molar refractivity (Wildman–Crippen MR) is 124 cm³/mol. The van der Waals surface area contributed by atoms with E-state index in [9.17, 15) is 9.18 Å². The Kier molecular flexibility index (Phi) is 7.47. The van der Waals surface area contributed by atoms with Gasteiger partial charge in [-0.05, 0) is 68.1 Å². The number of unbranched alkanes of at least 4 members (excludes halogenated alkanes) is 2. The molecule has 1 aromatic heterocycles. The molecule has 3 aromatic rings. The van der Waals surface area contributed by atoms with E-state index in [4.69, 9.17) is 4.52 Å². The summed E-state index contributed by atoms with van der Waals surface area (Å²) in [6.07, 6.45) is 5.17. The van der Waals surface area contributed by atoms with Gasteiger partial charge in [-0.25, -0.2) is 4.39 Å². The highest BCUT2D eigenvalue weighted by Crippen LogP contribution is 2.25. The Morgan fingerprint density at radius 1 is 1.09 bits per heavy atom. The molecule has 0 bridgehead atoms. The molecule has 4 rings (SSSR count). The van der Waals surface area contributed by atoms with Gasteiger partial charge in [0.1, 0.15) is 5.82 Å². The van der Waals surface area contributed by atoms with E-state index >= 15 is 0 Å². The Hall–Kier alpha value is -3.10. The Bertz CT molecular complexity index is 1050. The summed E-state index contributed by atoms with van der Waals surface area (Å²) in [6.45, 7) is 2.49. The van der Waals surface area contributed by atoms with Gasteiger partial charge in [0.25, 0.3) is 11.8 Å². The first-order valence-electron chi connectivity index (χ1n) is 11.4. The highest BCUT2D eigenvalue weighted by atomic mass is 19.1. The first-order chi connectivity index (χ1) is 16.0. The lowest BCUT2D eigenvalue weighted by Crippen LogP contribution is -2.30. The summed E-state index contributed by atoms with van der Waals surface area (Å²) in [4.78, 5) is 18.7. The summed E-state index contributed by atoms with van der Waals surface area (Å²) in [5, 5.41) is 3.79. The van der Waals surface area contributed by atoms with Crippen molar-refractivity contribution in [3.05, 3.63) is 71.3 Å². The van der Waals surface area contributed by atoms with E-state index in [1.807, 2.05) is 31.3 Å². The summed E-state index contributed by atoms with van der Waals surface area (Å²) in [5.41, 5.74) is 9.21. The molecule has 1 aliphatic rings. The molecule has 2 heterocycles. The molecule has 2 unspecified atom stereocenters. The van der Waals surface area contributed by atoms with Crippen molar-refractivity contribution in [1.29, 1.82) is 0 Å². The van der Waals surface area contributed by atoms with Crippen LogP contribution in [0.1, 0.15) is 59.9 Å². The number of halogens is 1. The summed E-state index contributed by atoms with van der Waals surface area (Å²) >= 11 is 0. The second kappa shape index (κ2) is 10.7. The van der Waals surface area contributed by atoms with Crippen LogP contribution in [-0.2, 0) is 0 Å². The van der Waals surface area contributed by atoms with Gasteiger partial charge in [0, 0.05) is 36.8 Å². The fourth-order valence-corrected chi connectivity index (χ4v) is 4.13. The molecule has 7 nitrogen and oxygen atoms in total. The lowest BCUT2D eigenvalue weighted by Gasteiger charge is -2.17. The number of hydrazine groups is 1. The molecule has 174 valence electrons. The number of hydrogen-bond acceptors (Lipinski definition) is 6. The van der Waals surface area contributed by atoms with E-state index in [2.05, 4.69) is 21.0 Å². The second-order valence-corrected chi connectivity index (χ2v) is 8.63. The number of amides is 1. The van der Waals surface area contributed by atoms with E-state index in [1.165, 1.54) is 12.1 Å². The van der Waals surface area contributed by atoms with Crippen LogP contribution in [0.25, 0.3) is 11.5 Å². The number of rotatable bonds is 9. The van der Waals surface area contributed by atoms with Gasteiger partial charge < -0.3 is 9.42 Å². The van der Waals surface area contributed by atoms with Crippen LogP contribution in [-0.4, -0.2) is 40.6 Å². The van der Waals surface area contributed by atoms with Crippen molar-refractivity contribution in [2.45, 2.75) is 51.1 Å². The van der Waals surface area contributed by atoms with Crippen LogP contribution < -0.4 is 10.9 Å². The first kappa shape index (κ1) is 23.1. The van der Waals surface area contributed by atoms with Crippen LogP contribution in [0.5, 0.6) is 0 Å². The maximum Gasteiger partial charge on any atom is 0.257 e. The number of aryl methyl sites for hydroxylation is 1. The maximum atomic E-state index is 13.1. The summed E-state index contributed by atoms with van der Waals surface area (Å²) in [7, 11) is 1.84. The maximum absolute atomic E-state index is 13.1. The number of aromatic nitrogens is 2. The summed E-state index contributed by atoms with van der Waals surface area (Å²) in [5.74, 6) is 0.834. The number of nitrogens with zero attached hydrogens (tertiary/aromatic N) is 3. The highest BCUT2D eigenvalue weighted by molar-refractivity contribution is 5.94. The molecule has 1 saturated heterocycles. The fourth-order valence-electron chi connectivity index (χ4n) is 4.13. The molecule has 0 aliphatic carbocycles. The van der Waals surface area contributed by atoms with Crippen molar-refractivity contribution < 1.29 is 13.7 Å². The zero-order chi connectivity index (χ0) is 23.2. The average molecular weight is 452 g/mol. The third kappa shape index (κ3) is 6.03. The SMILES string of the molecule is Cc1noc(-c2ccc(C(=O)N(C)CCCCCC3CC(c4ccc(F)cc4)NN3)cc2)n1. The number of nitrogens with one attached hydrogen (secondary N) is 2. The number of carbonyl (C=O) groups excluding carboxylic acids is 1. The average Bonchev–Trinajstić information content (AvgIpc) is 3.48. The van der Waals surface area contributed by atoms with Gasteiger partial charge in [-0.2, -0.15) is 4.98 Å². The quantitative estimate of drug-likeness (QED) is 0.469. The smallest absolute Gasteiger partial charge is 0.257 e. The van der Waals surface area contributed by atoms with Crippen molar-refractivity contribution in [3.63, 3.8) is 0 Å². The van der Waals surface area contributed by atoms with Crippen molar-refractivity contribution in [3.8, 4) is 11.5 Å². The summed E-state index contributed by atoms with van der Waals surface area (Å²) < 4.78 is 18.3. The molecule has 0 radical (unpaired) electrons. The van der Waals surface area contributed by atoms with Crippen molar-refractivity contribution >= 4 is 5.91 Å². The monoisotopic (exact) mass is 451 g/mol. The van der Waals surface area contributed by atoms with Gasteiger partial charge in [0.05, 0.1) is 0 Å². The molecule has 2 aromatic carbocycles. The fraction of sp³-hybridized carbons (Fsp3) is 0.400. The van der Waals surface area contributed by atoms with Gasteiger partial charge in [-0.15, -0.1) is 0 Å². The van der Waals surface area contributed by atoms with E-state index in [0.29, 0.717) is 23.3 Å². The molecule has 1 fully saturated rings. The van der Waals surface area contributed by atoms with Gasteiger partial charge >= 0.3 is 0 Å². The van der Waals surface area contributed by atoms with Gasteiger partial charge in [-0.1, -0.05) is 30.1 Å². The van der Waals surface area contributed by atoms with E-state index < -0.39 is 0 Å². The van der Waals surface area contributed by atoms with E-state index in [0.717, 1.165) is 49.8 Å². The predicted octanol–water partition coefficient (Wildman–Crippen LogP) is 4.42. The molecule has 1 amide bonds. The molecule has 8 heteroatoms. The molecule has 33 heavy (non-hydrogen) atoms. The Balaban J connectivity index is 1.15.